The standard InChI is InChI=1S/C16H17BrN2O3S/c1-4-11-10(17)6-12(23-11)14-9(7-18)15(19)22-8(3)13(14)16(20)21-5-2/h6,14H,4-5,19H2,1-3H3/t14-/m1/s1. The molecule has 1 atom stereocenters. The van der Waals surface area contributed by atoms with Crippen molar-refractivity contribution in [1.82, 2.24) is 0 Å². The van der Waals surface area contributed by atoms with Gasteiger partial charge in [-0.25, -0.2) is 4.79 Å². The second-order valence-corrected chi connectivity index (χ2v) is 6.91. The van der Waals surface area contributed by atoms with E-state index in [0.717, 1.165) is 20.6 Å². The summed E-state index contributed by atoms with van der Waals surface area (Å²) in [6.45, 7) is 5.69. The van der Waals surface area contributed by atoms with Crippen LogP contribution in [0.4, 0.5) is 0 Å². The zero-order valence-corrected chi connectivity index (χ0v) is 15.5. The van der Waals surface area contributed by atoms with Gasteiger partial charge in [-0.05, 0) is 42.3 Å². The Bertz CT molecular complexity index is 743. The molecule has 1 aromatic heterocycles. The third-order valence-corrected chi connectivity index (χ3v) is 5.80. The number of rotatable bonds is 4. The summed E-state index contributed by atoms with van der Waals surface area (Å²) in [6, 6.07) is 4.00. The van der Waals surface area contributed by atoms with Crippen LogP contribution in [0, 0.1) is 11.3 Å². The van der Waals surface area contributed by atoms with E-state index in [1.807, 2.05) is 13.0 Å². The van der Waals surface area contributed by atoms with Gasteiger partial charge in [0.05, 0.1) is 18.1 Å². The number of halogens is 1. The Morgan fingerprint density at radius 3 is 2.78 bits per heavy atom. The molecule has 0 bridgehead atoms. The van der Waals surface area contributed by atoms with E-state index in [0.29, 0.717) is 11.3 Å². The lowest BCUT2D eigenvalue weighted by molar-refractivity contribution is -0.139. The number of aryl methyl sites for hydroxylation is 1. The number of esters is 1. The molecule has 122 valence electrons. The Balaban J connectivity index is 2.61. The maximum absolute atomic E-state index is 12.4. The van der Waals surface area contributed by atoms with E-state index >= 15 is 0 Å². The Morgan fingerprint density at radius 1 is 1.57 bits per heavy atom. The van der Waals surface area contributed by atoms with Gasteiger partial charge in [-0.3, -0.25) is 0 Å². The summed E-state index contributed by atoms with van der Waals surface area (Å²) in [5.41, 5.74) is 6.42. The van der Waals surface area contributed by atoms with E-state index in [9.17, 15) is 10.1 Å². The van der Waals surface area contributed by atoms with E-state index < -0.39 is 11.9 Å². The third-order valence-electron chi connectivity index (χ3n) is 3.48. The highest BCUT2D eigenvalue weighted by molar-refractivity contribution is 9.10. The van der Waals surface area contributed by atoms with Gasteiger partial charge in [0, 0.05) is 14.2 Å². The first-order chi connectivity index (χ1) is 10.9. The minimum atomic E-state index is -0.561. The van der Waals surface area contributed by atoms with Gasteiger partial charge < -0.3 is 15.2 Å². The summed E-state index contributed by atoms with van der Waals surface area (Å²) >= 11 is 5.06. The molecule has 0 radical (unpaired) electrons. The second-order valence-electron chi connectivity index (χ2n) is 4.89. The molecule has 0 spiro atoms. The van der Waals surface area contributed by atoms with Crippen molar-refractivity contribution in [3.05, 3.63) is 43.1 Å². The number of nitriles is 1. The largest absolute Gasteiger partial charge is 0.463 e. The SMILES string of the molecule is CCOC(=O)C1=C(C)OC(N)=C(C#N)[C@@H]1c1cc(Br)c(CC)s1. The van der Waals surface area contributed by atoms with Crippen molar-refractivity contribution in [2.45, 2.75) is 33.1 Å². The molecule has 1 aliphatic rings. The highest BCUT2D eigenvalue weighted by Crippen LogP contribution is 2.44. The number of thiophene rings is 1. The summed E-state index contributed by atoms with van der Waals surface area (Å²) in [7, 11) is 0. The summed E-state index contributed by atoms with van der Waals surface area (Å²) < 4.78 is 11.5. The number of allylic oxidation sites excluding steroid dienone is 2. The van der Waals surface area contributed by atoms with Crippen LogP contribution in [0.1, 0.15) is 36.4 Å². The molecule has 1 aliphatic heterocycles. The van der Waals surface area contributed by atoms with Crippen LogP contribution in [0.3, 0.4) is 0 Å². The number of hydrogen-bond donors (Lipinski definition) is 1. The average molecular weight is 397 g/mol. The van der Waals surface area contributed by atoms with Crippen LogP contribution in [0.5, 0.6) is 0 Å². The van der Waals surface area contributed by atoms with Crippen LogP contribution < -0.4 is 5.73 Å². The van der Waals surface area contributed by atoms with Crippen molar-refractivity contribution in [1.29, 1.82) is 5.26 Å². The quantitative estimate of drug-likeness (QED) is 0.783. The highest BCUT2D eigenvalue weighted by atomic mass is 79.9. The number of nitrogens with zero attached hydrogens (tertiary/aromatic N) is 1. The molecule has 0 saturated heterocycles. The molecular weight excluding hydrogens is 380 g/mol. The molecule has 0 unspecified atom stereocenters. The van der Waals surface area contributed by atoms with Gasteiger partial charge in [0.15, 0.2) is 0 Å². The van der Waals surface area contributed by atoms with Gasteiger partial charge >= 0.3 is 5.97 Å². The fourth-order valence-electron chi connectivity index (χ4n) is 2.45. The normalized spacial score (nSPS) is 17.8. The molecule has 7 heteroatoms. The highest BCUT2D eigenvalue weighted by Gasteiger charge is 2.37. The predicted octanol–water partition coefficient (Wildman–Crippen LogP) is 3.72. The molecular formula is C16H17BrN2O3S. The lowest BCUT2D eigenvalue weighted by Crippen LogP contribution is -2.25. The van der Waals surface area contributed by atoms with Gasteiger partial charge in [0.2, 0.25) is 5.88 Å². The monoisotopic (exact) mass is 396 g/mol. The number of hydrogen-bond acceptors (Lipinski definition) is 6. The summed E-state index contributed by atoms with van der Waals surface area (Å²) in [5, 5.41) is 9.49. The molecule has 0 saturated carbocycles. The predicted molar refractivity (Wildman–Crippen MR) is 91.4 cm³/mol. The van der Waals surface area contributed by atoms with E-state index in [4.69, 9.17) is 15.2 Å². The molecule has 2 rings (SSSR count). The zero-order valence-electron chi connectivity index (χ0n) is 13.1. The molecule has 0 aromatic carbocycles. The molecule has 23 heavy (non-hydrogen) atoms. The van der Waals surface area contributed by atoms with Crippen molar-refractivity contribution in [3.8, 4) is 6.07 Å². The summed E-state index contributed by atoms with van der Waals surface area (Å²) in [6.07, 6.45) is 0.854. The van der Waals surface area contributed by atoms with Crippen LogP contribution in [0.2, 0.25) is 0 Å². The number of carbonyl (C=O) groups excluding carboxylic acids is 1. The number of ether oxygens (including phenoxy) is 2. The van der Waals surface area contributed by atoms with Crippen molar-refractivity contribution in [3.63, 3.8) is 0 Å². The van der Waals surface area contributed by atoms with Crippen molar-refractivity contribution < 1.29 is 14.3 Å². The first-order valence-corrected chi connectivity index (χ1v) is 8.79. The molecule has 0 fully saturated rings. The minimum absolute atomic E-state index is 0.0330. The van der Waals surface area contributed by atoms with Crippen LogP contribution in [-0.4, -0.2) is 12.6 Å². The zero-order chi connectivity index (χ0) is 17.1. The van der Waals surface area contributed by atoms with Gasteiger partial charge in [0.25, 0.3) is 0 Å². The van der Waals surface area contributed by atoms with Crippen LogP contribution in [-0.2, 0) is 20.7 Å². The Labute approximate surface area is 147 Å². The van der Waals surface area contributed by atoms with Gasteiger partial charge in [-0.2, -0.15) is 5.26 Å². The summed E-state index contributed by atoms with van der Waals surface area (Å²) in [5.74, 6) is -0.648. The summed E-state index contributed by atoms with van der Waals surface area (Å²) in [4.78, 5) is 14.4. The van der Waals surface area contributed by atoms with Crippen molar-refractivity contribution >= 4 is 33.2 Å². The Morgan fingerprint density at radius 2 is 2.26 bits per heavy atom. The van der Waals surface area contributed by atoms with E-state index in [1.54, 1.807) is 25.2 Å². The van der Waals surface area contributed by atoms with Gasteiger partial charge in [-0.15, -0.1) is 11.3 Å². The van der Waals surface area contributed by atoms with E-state index in [-0.39, 0.29) is 18.1 Å². The van der Waals surface area contributed by atoms with Crippen molar-refractivity contribution in [2.75, 3.05) is 6.61 Å². The van der Waals surface area contributed by atoms with Crippen LogP contribution in [0.15, 0.2) is 33.3 Å². The van der Waals surface area contributed by atoms with Crippen molar-refractivity contribution in [2.24, 2.45) is 5.73 Å². The maximum Gasteiger partial charge on any atom is 0.338 e. The minimum Gasteiger partial charge on any atom is -0.463 e. The van der Waals surface area contributed by atoms with E-state index in [2.05, 4.69) is 22.0 Å². The average Bonchev–Trinajstić information content (AvgIpc) is 2.87. The molecule has 0 aliphatic carbocycles. The molecule has 1 aromatic rings. The van der Waals surface area contributed by atoms with Gasteiger partial charge in [-0.1, -0.05) is 6.92 Å². The number of carbonyl (C=O) groups is 1. The molecule has 5 nitrogen and oxygen atoms in total. The Hall–Kier alpha value is -1.78. The number of nitrogens with two attached hydrogens (primary N) is 1. The second kappa shape index (κ2) is 7.20. The lowest BCUT2D eigenvalue weighted by atomic mass is 9.87. The maximum atomic E-state index is 12.4. The third kappa shape index (κ3) is 3.28. The topological polar surface area (TPSA) is 85.3 Å². The van der Waals surface area contributed by atoms with Gasteiger partial charge in [0.1, 0.15) is 17.4 Å². The van der Waals surface area contributed by atoms with Crippen LogP contribution >= 0.6 is 27.3 Å². The first-order valence-electron chi connectivity index (χ1n) is 7.18. The lowest BCUT2D eigenvalue weighted by Gasteiger charge is -2.25. The first kappa shape index (κ1) is 17.6. The smallest absolute Gasteiger partial charge is 0.338 e. The fourth-order valence-corrected chi connectivity index (χ4v) is 4.49. The molecule has 0 amide bonds. The van der Waals surface area contributed by atoms with Crippen LogP contribution in [0.25, 0.3) is 0 Å². The van der Waals surface area contributed by atoms with E-state index in [1.165, 1.54) is 0 Å². The molecule has 2 heterocycles. The fraction of sp³-hybridized carbons (Fsp3) is 0.375. The molecule has 2 N–H and O–H groups in total. The Kier molecular flexibility index (Phi) is 5.50.